The number of unbranched alkanes of at least 4 members (excludes halogenated alkanes) is 1. The predicted octanol–water partition coefficient (Wildman–Crippen LogP) is -1.83. The maximum Gasteiger partial charge on any atom is 0.244 e. The first-order chi connectivity index (χ1) is 15.6. The fourth-order valence-electron chi connectivity index (χ4n) is 2.73. The zero-order chi connectivity index (χ0) is 25.4. The number of thiol groups is 2. The number of hydrogen-bond acceptors (Lipinski definition) is 9. The number of nitrogens with two attached hydrogens (primary N) is 2. The van der Waals surface area contributed by atoms with E-state index in [2.05, 4.69) is 46.5 Å². The van der Waals surface area contributed by atoms with Gasteiger partial charge in [0.2, 0.25) is 29.5 Å². The van der Waals surface area contributed by atoms with Gasteiger partial charge in [-0.3, -0.25) is 24.0 Å². The van der Waals surface area contributed by atoms with Crippen molar-refractivity contribution in [3.63, 3.8) is 0 Å². The fraction of sp³-hybridized carbons (Fsp3) is 0.737. The van der Waals surface area contributed by atoms with E-state index in [4.69, 9.17) is 11.5 Å². The van der Waals surface area contributed by atoms with Crippen LogP contribution >= 0.6 is 37.0 Å². The summed E-state index contributed by atoms with van der Waals surface area (Å²) in [6.07, 6.45) is 3.63. The van der Waals surface area contributed by atoms with Crippen molar-refractivity contribution in [2.45, 2.75) is 56.8 Å². The number of hydrogen-bond donors (Lipinski definition) is 8. The minimum Gasteiger partial charge on any atom is -0.368 e. The highest BCUT2D eigenvalue weighted by Gasteiger charge is 2.30. The van der Waals surface area contributed by atoms with Crippen molar-refractivity contribution >= 4 is 66.6 Å². The Morgan fingerprint density at radius 1 is 0.788 bits per heavy atom. The Kier molecular flexibility index (Phi) is 16.9. The van der Waals surface area contributed by atoms with Crippen molar-refractivity contribution in [2.75, 3.05) is 30.1 Å². The van der Waals surface area contributed by atoms with Gasteiger partial charge < -0.3 is 32.7 Å². The molecule has 0 aromatic heterocycles. The molecule has 0 saturated carbocycles. The molecule has 0 aromatic carbocycles. The van der Waals surface area contributed by atoms with Crippen LogP contribution in [0, 0.1) is 0 Å². The third-order valence-electron chi connectivity index (χ3n) is 4.54. The first-order valence-electron chi connectivity index (χ1n) is 10.5. The number of primary amides is 1. The number of nitrogens with one attached hydrogen (secondary N) is 4. The van der Waals surface area contributed by atoms with Gasteiger partial charge in [0.25, 0.3) is 0 Å². The molecular formula is C19H36N6O5S3. The maximum absolute atomic E-state index is 13.0. The second-order valence-electron chi connectivity index (χ2n) is 7.27. The molecule has 0 aromatic rings. The summed E-state index contributed by atoms with van der Waals surface area (Å²) >= 11 is 9.57. The molecule has 14 heteroatoms. The molecule has 0 aliphatic heterocycles. The van der Waals surface area contributed by atoms with Crippen molar-refractivity contribution in [3.8, 4) is 0 Å². The summed E-state index contributed by atoms with van der Waals surface area (Å²) < 4.78 is 0. The van der Waals surface area contributed by atoms with Gasteiger partial charge in [0.05, 0.1) is 0 Å². The molecule has 0 heterocycles. The van der Waals surface area contributed by atoms with E-state index in [-0.39, 0.29) is 17.9 Å². The molecule has 0 bridgehead atoms. The van der Waals surface area contributed by atoms with Gasteiger partial charge in [-0.25, -0.2) is 0 Å². The normalized spacial score (nSPS) is 14.3. The number of thioether (sulfide) groups is 1. The van der Waals surface area contributed by atoms with Crippen molar-refractivity contribution in [1.82, 2.24) is 21.3 Å². The van der Waals surface area contributed by atoms with Gasteiger partial charge in [-0.2, -0.15) is 37.0 Å². The summed E-state index contributed by atoms with van der Waals surface area (Å²) in [5, 5.41) is 10.2. The Balaban J connectivity index is 5.46. The van der Waals surface area contributed by atoms with E-state index in [9.17, 15) is 24.0 Å². The summed E-state index contributed by atoms with van der Waals surface area (Å²) in [5.41, 5.74) is 10.8. The van der Waals surface area contributed by atoms with Crippen LogP contribution in [0.25, 0.3) is 0 Å². The van der Waals surface area contributed by atoms with E-state index in [1.165, 1.54) is 18.7 Å². The van der Waals surface area contributed by atoms with Crippen LogP contribution in [0.1, 0.15) is 32.6 Å². The van der Waals surface area contributed by atoms with Crippen LogP contribution < -0.4 is 32.7 Å². The smallest absolute Gasteiger partial charge is 0.244 e. The summed E-state index contributed by atoms with van der Waals surface area (Å²) in [5.74, 6) is -2.24. The van der Waals surface area contributed by atoms with E-state index in [1.54, 1.807) is 0 Å². The third kappa shape index (κ3) is 13.0. The first-order valence-corrected chi connectivity index (χ1v) is 13.1. The van der Waals surface area contributed by atoms with Gasteiger partial charge in [0.1, 0.15) is 24.2 Å². The van der Waals surface area contributed by atoms with Gasteiger partial charge in [-0.05, 0) is 44.2 Å². The summed E-state index contributed by atoms with van der Waals surface area (Å²) in [4.78, 5) is 61.1. The number of amides is 5. The van der Waals surface area contributed by atoms with Crippen LogP contribution in [0.2, 0.25) is 0 Å². The Morgan fingerprint density at radius 2 is 1.27 bits per heavy atom. The minimum absolute atomic E-state index is 0.00517. The minimum atomic E-state index is -0.990. The Morgan fingerprint density at radius 3 is 1.70 bits per heavy atom. The van der Waals surface area contributed by atoms with Gasteiger partial charge >= 0.3 is 0 Å². The molecule has 190 valence electrons. The topological polar surface area (TPSA) is 186 Å². The molecule has 0 aliphatic rings. The number of rotatable bonds is 17. The Bertz CT molecular complexity index is 670. The number of carbonyl (C=O) groups excluding carboxylic acids is 5. The molecule has 8 N–H and O–H groups in total. The van der Waals surface area contributed by atoms with E-state index < -0.39 is 53.7 Å². The van der Waals surface area contributed by atoms with E-state index in [0.717, 1.165) is 0 Å². The molecule has 33 heavy (non-hydrogen) atoms. The first kappa shape index (κ1) is 31.4. The zero-order valence-electron chi connectivity index (χ0n) is 19.0. The van der Waals surface area contributed by atoms with Gasteiger partial charge in [0.15, 0.2) is 0 Å². The van der Waals surface area contributed by atoms with Crippen LogP contribution in [0.5, 0.6) is 0 Å². The van der Waals surface area contributed by atoms with Crippen LogP contribution in [-0.4, -0.2) is 83.8 Å². The van der Waals surface area contributed by atoms with Crippen molar-refractivity contribution in [1.29, 1.82) is 0 Å². The van der Waals surface area contributed by atoms with Crippen LogP contribution in [0.3, 0.4) is 0 Å². The van der Waals surface area contributed by atoms with E-state index in [1.807, 2.05) is 6.26 Å². The van der Waals surface area contributed by atoms with Crippen LogP contribution in [0.4, 0.5) is 0 Å². The fourth-order valence-corrected chi connectivity index (χ4v) is 3.73. The molecule has 0 unspecified atom stereocenters. The molecule has 0 aliphatic carbocycles. The molecule has 4 atom stereocenters. The van der Waals surface area contributed by atoms with E-state index in [0.29, 0.717) is 31.6 Å². The monoisotopic (exact) mass is 524 g/mol. The molecule has 0 rings (SSSR count). The van der Waals surface area contributed by atoms with Gasteiger partial charge in [0, 0.05) is 18.4 Å². The van der Waals surface area contributed by atoms with Crippen LogP contribution in [-0.2, 0) is 24.0 Å². The average molecular weight is 525 g/mol. The van der Waals surface area contributed by atoms with Crippen molar-refractivity contribution in [3.05, 3.63) is 0 Å². The predicted molar refractivity (Wildman–Crippen MR) is 136 cm³/mol. The van der Waals surface area contributed by atoms with Gasteiger partial charge in [-0.1, -0.05) is 0 Å². The summed E-state index contributed by atoms with van der Waals surface area (Å²) in [7, 11) is 0. The highest BCUT2D eigenvalue weighted by atomic mass is 32.2. The number of carbonyl (C=O) groups is 5. The molecule has 0 fully saturated rings. The second-order valence-corrected chi connectivity index (χ2v) is 8.99. The Hall–Kier alpha value is -1.64. The average Bonchev–Trinajstić information content (AvgIpc) is 2.76. The molecule has 11 nitrogen and oxygen atoms in total. The largest absolute Gasteiger partial charge is 0.368 e. The Labute approximate surface area is 209 Å². The molecule has 0 saturated heterocycles. The highest BCUT2D eigenvalue weighted by Crippen LogP contribution is 2.06. The molecular weight excluding hydrogens is 488 g/mol. The molecule has 5 amide bonds. The lowest BCUT2D eigenvalue weighted by Gasteiger charge is -2.25. The van der Waals surface area contributed by atoms with E-state index >= 15 is 0 Å². The third-order valence-corrected chi connectivity index (χ3v) is 5.92. The second kappa shape index (κ2) is 17.8. The highest BCUT2D eigenvalue weighted by molar-refractivity contribution is 7.98. The molecule has 0 radical (unpaired) electrons. The van der Waals surface area contributed by atoms with Gasteiger partial charge in [-0.15, -0.1) is 0 Å². The zero-order valence-corrected chi connectivity index (χ0v) is 21.6. The molecule has 0 spiro atoms. The van der Waals surface area contributed by atoms with Crippen molar-refractivity contribution in [2.24, 2.45) is 11.5 Å². The lowest BCUT2D eigenvalue weighted by Crippen LogP contribution is -2.58. The van der Waals surface area contributed by atoms with Crippen LogP contribution in [0.15, 0.2) is 0 Å². The SMILES string of the molecule is CSCC[C@H](NC(=O)[C@H](CS)NC(C)=O)C(=O)N[C@@H](CCCCN)C(=O)N[C@@H](CS)C(N)=O. The quantitative estimate of drug-likeness (QED) is 0.0812. The summed E-state index contributed by atoms with van der Waals surface area (Å²) in [6, 6.07) is -3.81. The maximum atomic E-state index is 13.0. The summed E-state index contributed by atoms with van der Waals surface area (Å²) in [6.45, 7) is 1.69. The van der Waals surface area contributed by atoms with Crippen molar-refractivity contribution < 1.29 is 24.0 Å². The standard InChI is InChI=1S/C19H36N6O5S3/c1-11(26)22-15(10-32)19(30)24-13(6-8-33-2)18(29)23-12(5-3-4-7-20)17(28)25-14(9-31)16(21)27/h12-15,31-32H,3-10,20H2,1-2H3,(H2,21,27)(H,22,26)(H,23,29)(H,24,30)(H,25,28)/t12-,13-,14-,15-/m0/s1. The lowest BCUT2D eigenvalue weighted by molar-refractivity contribution is -0.134. The lowest BCUT2D eigenvalue weighted by atomic mass is 10.1.